The van der Waals surface area contributed by atoms with Crippen molar-refractivity contribution in [1.82, 2.24) is 0 Å². The van der Waals surface area contributed by atoms with Crippen LogP contribution >= 0.6 is 0 Å². The summed E-state index contributed by atoms with van der Waals surface area (Å²) in [5, 5.41) is 7.93. The summed E-state index contributed by atoms with van der Waals surface area (Å²) >= 11 is 0. The molecule has 0 aromatic heterocycles. The van der Waals surface area contributed by atoms with Crippen LogP contribution in [0, 0.1) is 0 Å². The average Bonchev–Trinajstić information content (AvgIpc) is 1.56. The average molecular weight is 174 g/mol. The number of hydrogen-bond donors (Lipinski definition) is 1. The van der Waals surface area contributed by atoms with Crippen LogP contribution in [0.3, 0.4) is 0 Å². The number of carboxylic acids is 1. The van der Waals surface area contributed by atoms with E-state index in [0.29, 0.717) is 6.92 Å². The number of alkyl halides is 4. The zero-order valence-electron chi connectivity index (χ0n) is 5.57. The number of carboxylic acid groups (broad SMARTS) is 1. The summed E-state index contributed by atoms with van der Waals surface area (Å²) < 4.78 is 46.6. The van der Waals surface area contributed by atoms with Gasteiger partial charge in [-0.05, 0) is 6.92 Å². The summed E-state index contributed by atoms with van der Waals surface area (Å²) in [6.45, 7) is 0.378. The van der Waals surface area contributed by atoms with E-state index in [2.05, 4.69) is 0 Å². The molecule has 1 unspecified atom stereocenters. The summed E-state index contributed by atoms with van der Waals surface area (Å²) in [7, 11) is 0. The van der Waals surface area contributed by atoms with Crippen LogP contribution in [0.25, 0.3) is 0 Å². The van der Waals surface area contributed by atoms with Gasteiger partial charge in [-0.3, -0.25) is 0 Å². The standard InChI is InChI=1S/C5H6F4O2/c1-4(6,3(10)11)2-5(7,8)9/h2H2,1H3,(H,10,11). The van der Waals surface area contributed by atoms with E-state index in [-0.39, 0.29) is 0 Å². The third kappa shape index (κ3) is 3.79. The summed E-state index contributed by atoms with van der Waals surface area (Å²) in [6.07, 6.45) is -6.75. The Labute approximate surface area is 59.8 Å². The maximum Gasteiger partial charge on any atom is 0.392 e. The van der Waals surface area contributed by atoms with Crippen LogP contribution in [0.15, 0.2) is 0 Å². The Kier molecular flexibility index (Phi) is 2.47. The quantitative estimate of drug-likeness (QED) is 0.647. The highest BCUT2D eigenvalue weighted by molar-refractivity contribution is 5.76. The van der Waals surface area contributed by atoms with Gasteiger partial charge in [-0.1, -0.05) is 0 Å². The van der Waals surface area contributed by atoms with Gasteiger partial charge in [0.05, 0.1) is 6.42 Å². The Morgan fingerprint density at radius 2 is 1.73 bits per heavy atom. The summed E-state index contributed by atoms with van der Waals surface area (Å²) in [5.74, 6) is -2.10. The van der Waals surface area contributed by atoms with E-state index in [1.165, 1.54) is 0 Å². The third-order valence-corrected chi connectivity index (χ3v) is 0.978. The molecule has 0 saturated carbocycles. The van der Waals surface area contributed by atoms with Crippen LogP contribution in [0.5, 0.6) is 0 Å². The van der Waals surface area contributed by atoms with Crippen molar-refractivity contribution in [1.29, 1.82) is 0 Å². The van der Waals surface area contributed by atoms with Gasteiger partial charge in [0, 0.05) is 0 Å². The van der Waals surface area contributed by atoms with Crippen molar-refractivity contribution in [2.24, 2.45) is 0 Å². The first-order valence-corrected chi connectivity index (χ1v) is 2.64. The molecule has 0 aliphatic carbocycles. The Hall–Kier alpha value is -0.810. The molecule has 0 aliphatic rings. The number of hydrogen-bond acceptors (Lipinski definition) is 1. The smallest absolute Gasteiger partial charge is 0.392 e. The molecule has 6 heteroatoms. The summed E-state index contributed by atoms with van der Waals surface area (Å²) in [4.78, 5) is 9.82. The lowest BCUT2D eigenvalue weighted by molar-refractivity contribution is -0.179. The Bertz CT molecular complexity index is 160. The predicted molar refractivity (Wildman–Crippen MR) is 27.8 cm³/mol. The number of aliphatic carboxylic acids is 1. The molecule has 0 heterocycles. The van der Waals surface area contributed by atoms with Crippen LogP contribution in [0.1, 0.15) is 13.3 Å². The molecule has 0 radical (unpaired) electrons. The lowest BCUT2D eigenvalue weighted by Crippen LogP contribution is -2.35. The predicted octanol–water partition coefficient (Wildman–Crippen LogP) is 1.75. The van der Waals surface area contributed by atoms with Crippen LogP contribution in [0.2, 0.25) is 0 Å². The third-order valence-electron chi connectivity index (χ3n) is 0.978. The summed E-state index contributed by atoms with van der Waals surface area (Å²) in [5.41, 5.74) is -3.22. The topological polar surface area (TPSA) is 37.3 Å². The molecule has 0 aromatic carbocycles. The van der Waals surface area contributed by atoms with Crippen molar-refractivity contribution in [3.63, 3.8) is 0 Å². The summed E-state index contributed by atoms with van der Waals surface area (Å²) in [6, 6.07) is 0. The van der Waals surface area contributed by atoms with Gasteiger partial charge in [-0.25, -0.2) is 9.18 Å². The van der Waals surface area contributed by atoms with Crippen LogP contribution in [-0.2, 0) is 4.79 Å². The molecule has 66 valence electrons. The van der Waals surface area contributed by atoms with Gasteiger partial charge < -0.3 is 5.11 Å². The molecule has 11 heavy (non-hydrogen) atoms. The molecule has 0 spiro atoms. The Morgan fingerprint density at radius 3 is 1.82 bits per heavy atom. The van der Waals surface area contributed by atoms with Crippen molar-refractivity contribution in [3.05, 3.63) is 0 Å². The first-order valence-electron chi connectivity index (χ1n) is 2.64. The van der Waals surface area contributed by atoms with Crippen LogP contribution < -0.4 is 0 Å². The zero-order chi connectivity index (χ0) is 9.28. The minimum absolute atomic E-state index is 0.378. The minimum atomic E-state index is -4.79. The van der Waals surface area contributed by atoms with Gasteiger partial charge >= 0.3 is 12.1 Å². The second-order valence-electron chi connectivity index (χ2n) is 2.29. The van der Waals surface area contributed by atoms with Gasteiger partial charge in [0.2, 0.25) is 5.67 Å². The zero-order valence-corrected chi connectivity index (χ0v) is 5.57. The maximum absolute atomic E-state index is 12.4. The lowest BCUT2D eigenvalue weighted by atomic mass is 10.1. The van der Waals surface area contributed by atoms with E-state index in [0.717, 1.165) is 0 Å². The number of carbonyl (C=O) groups is 1. The molecule has 0 bridgehead atoms. The fourth-order valence-corrected chi connectivity index (χ4v) is 0.452. The van der Waals surface area contributed by atoms with Gasteiger partial charge in [0.15, 0.2) is 0 Å². The van der Waals surface area contributed by atoms with Crippen LogP contribution in [-0.4, -0.2) is 22.9 Å². The van der Waals surface area contributed by atoms with Gasteiger partial charge in [-0.15, -0.1) is 0 Å². The van der Waals surface area contributed by atoms with Crippen molar-refractivity contribution in [2.45, 2.75) is 25.2 Å². The van der Waals surface area contributed by atoms with E-state index >= 15 is 0 Å². The fourth-order valence-electron chi connectivity index (χ4n) is 0.452. The molecule has 0 rings (SSSR count). The molecule has 2 nitrogen and oxygen atoms in total. The lowest BCUT2D eigenvalue weighted by Gasteiger charge is -2.16. The highest BCUT2D eigenvalue weighted by atomic mass is 19.4. The first-order chi connectivity index (χ1) is 4.65. The Morgan fingerprint density at radius 1 is 1.36 bits per heavy atom. The number of rotatable bonds is 2. The minimum Gasteiger partial charge on any atom is -0.479 e. The van der Waals surface area contributed by atoms with Crippen molar-refractivity contribution >= 4 is 5.97 Å². The van der Waals surface area contributed by atoms with Crippen molar-refractivity contribution < 1.29 is 27.5 Å². The SMILES string of the molecule is CC(F)(CC(F)(F)F)C(=O)O. The van der Waals surface area contributed by atoms with E-state index < -0.39 is 24.2 Å². The largest absolute Gasteiger partial charge is 0.479 e. The normalized spacial score (nSPS) is 17.5. The van der Waals surface area contributed by atoms with Gasteiger partial charge in [-0.2, -0.15) is 13.2 Å². The fraction of sp³-hybridized carbons (Fsp3) is 0.800. The molecule has 0 fully saturated rings. The molecule has 0 saturated heterocycles. The molecule has 0 amide bonds. The molecule has 1 atom stereocenters. The Balaban J connectivity index is 4.25. The second-order valence-corrected chi connectivity index (χ2v) is 2.29. The van der Waals surface area contributed by atoms with Gasteiger partial charge in [0.25, 0.3) is 0 Å². The highest BCUT2D eigenvalue weighted by Crippen LogP contribution is 2.29. The second kappa shape index (κ2) is 2.67. The molecule has 0 aliphatic heterocycles. The molecule has 0 aromatic rings. The van der Waals surface area contributed by atoms with E-state index in [4.69, 9.17) is 5.11 Å². The molecular formula is C5H6F4O2. The maximum atomic E-state index is 12.4. The molecular weight excluding hydrogens is 168 g/mol. The van der Waals surface area contributed by atoms with E-state index in [1.807, 2.05) is 0 Å². The number of halogens is 4. The van der Waals surface area contributed by atoms with Crippen LogP contribution in [0.4, 0.5) is 17.6 Å². The molecule has 1 N–H and O–H groups in total. The monoisotopic (exact) mass is 174 g/mol. The van der Waals surface area contributed by atoms with E-state index in [9.17, 15) is 22.4 Å². The van der Waals surface area contributed by atoms with Crippen molar-refractivity contribution in [3.8, 4) is 0 Å². The van der Waals surface area contributed by atoms with E-state index in [1.54, 1.807) is 0 Å². The van der Waals surface area contributed by atoms with Gasteiger partial charge in [0.1, 0.15) is 0 Å². The highest BCUT2D eigenvalue weighted by Gasteiger charge is 2.44. The first kappa shape index (κ1) is 10.2. The van der Waals surface area contributed by atoms with Crippen molar-refractivity contribution in [2.75, 3.05) is 0 Å².